The zero-order valence-electron chi connectivity index (χ0n) is 20.4. The third-order valence-electron chi connectivity index (χ3n) is 6.17. The number of hydrogen-bond acceptors (Lipinski definition) is 3. The Morgan fingerprint density at radius 1 is 1.09 bits per heavy atom. The van der Waals surface area contributed by atoms with Crippen molar-refractivity contribution in [3.05, 3.63) is 66.2 Å². The Labute approximate surface area is 201 Å². The van der Waals surface area contributed by atoms with Crippen molar-refractivity contribution in [1.82, 2.24) is 5.32 Å². The number of anilines is 2. The summed E-state index contributed by atoms with van der Waals surface area (Å²) in [6, 6.07) is 19.3. The zero-order valence-corrected chi connectivity index (χ0v) is 20.4. The summed E-state index contributed by atoms with van der Waals surface area (Å²) in [5, 5.41) is 8.11. The van der Waals surface area contributed by atoms with E-state index in [9.17, 15) is 9.59 Å². The largest absolute Gasteiger partial charge is 0.490 e. The Kier molecular flexibility index (Phi) is 6.77. The van der Waals surface area contributed by atoms with Gasteiger partial charge in [-0.25, -0.2) is 4.79 Å². The van der Waals surface area contributed by atoms with Crippen LogP contribution < -0.4 is 20.3 Å². The number of urea groups is 1. The van der Waals surface area contributed by atoms with E-state index in [4.69, 9.17) is 4.74 Å². The molecular formula is C28H33N3O3. The SMILES string of the molecule is CC(C)CCN1C(=O)C(C)(C)COc2ccc(NC(=O)NCc3cccc4ccccc34)cc21. The van der Waals surface area contributed by atoms with Crippen molar-refractivity contribution in [3.8, 4) is 5.75 Å². The van der Waals surface area contributed by atoms with E-state index in [0.717, 1.165) is 22.8 Å². The van der Waals surface area contributed by atoms with Crippen LogP contribution in [0, 0.1) is 11.3 Å². The molecule has 0 aromatic heterocycles. The number of nitrogens with zero attached hydrogens (tertiary/aromatic N) is 1. The molecule has 2 N–H and O–H groups in total. The van der Waals surface area contributed by atoms with Crippen LogP contribution in [0.2, 0.25) is 0 Å². The highest BCUT2D eigenvalue weighted by Crippen LogP contribution is 2.38. The number of benzene rings is 3. The molecule has 0 radical (unpaired) electrons. The second-order valence-corrected chi connectivity index (χ2v) is 9.94. The van der Waals surface area contributed by atoms with E-state index in [1.165, 1.54) is 0 Å². The molecule has 4 rings (SSSR count). The van der Waals surface area contributed by atoms with Gasteiger partial charge in [-0.2, -0.15) is 0 Å². The number of amides is 3. The van der Waals surface area contributed by atoms with E-state index in [-0.39, 0.29) is 11.9 Å². The van der Waals surface area contributed by atoms with Crippen LogP contribution in [0.3, 0.4) is 0 Å². The van der Waals surface area contributed by atoms with Crippen LogP contribution >= 0.6 is 0 Å². The van der Waals surface area contributed by atoms with E-state index in [1.807, 2.05) is 55.1 Å². The first-order valence-electron chi connectivity index (χ1n) is 11.8. The molecule has 6 nitrogen and oxygen atoms in total. The highest BCUT2D eigenvalue weighted by Gasteiger charge is 2.37. The molecule has 0 saturated carbocycles. The molecule has 3 amide bonds. The van der Waals surface area contributed by atoms with Crippen molar-refractivity contribution >= 4 is 34.1 Å². The number of carbonyl (C=O) groups is 2. The number of rotatable bonds is 6. The fraction of sp³-hybridized carbons (Fsp3) is 0.357. The van der Waals surface area contributed by atoms with Gasteiger partial charge in [0.15, 0.2) is 0 Å². The van der Waals surface area contributed by atoms with Gasteiger partial charge in [-0.05, 0) is 60.7 Å². The van der Waals surface area contributed by atoms with Gasteiger partial charge in [0.1, 0.15) is 12.4 Å². The van der Waals surface area contributed by atoms with Crippen molar-refractivity contribution in [1.29, 1.82) is 0 Å². The van der Waals surface area contributed by atoms with E-state index >= 15 is 0 Å². The van der Waals surface area contributed by atoms with Crippen LogP contribution in [0.25, 0.3) is 10.8 Å². The summed E-state index contributed by atoms with van der Waals surface area (Å²) >= 11 is 0. The average molecular weight is 460 g/mol. The molecule has 3 aromatic carbocycles. The molecule has 0 aliphatic carbocycles. The van der Waals surface area contributed by atoms with Crippen LogP contribution in [0.15, 0.2) is 60.7 Å². The molecule has 1 aliphatic heterocycles. The Morgan fingerprint density at radius 3 is 2.65 bits per heavy atom. The van der Waals surface area contributed by atoms with Gasteiger partial charge in [-0.3, -0.25) is 4.79 Å². The van der Waals surface area contributed by atoms with Crippen molar-refractivity contribution in [2.24, 2.45) is 11.3 Å². The van der Waals surface area contributed by atoms with Crippen LogP contribution in [-0.2, 0) is 11.3 Å². The lowest BCUT2D eigenvalue weighted by Crippen LogP contribution is -2.42. The lowest BCUT2D eigenvalue weighted by molar-refractivity contribution is -0.127. The third-order valence-corrected chi connectivity index (χ3v) is 6.17. The van der Waals surface area contributed by atoms with E-state index in [0.29, 0.717) is 42.7 Å². The van der Waals surface area contributed by atoms with Crippen molar-refractivity contribution in [2.45, 2.75) is 40.7 Å². The van der Waals surface area contributed by atoms with Gasteiger partial charge in [0, 0.05) is 18.8 Å². The maximum Gasteiger partial charge on any atom is 0.319 e. The fourth-order valence-corrected chi connectivity index (χ4v) is 4.13. The zero-order chi connectivity index (χ0) is 24.3. The highest BCUT2D eigenvalue weighted by molar-refractivity contribution is 6.00. The van der Waals surface area contributed by atoms with Gasteiger partial charge < -0.3 is 20.3 Å². The molecule has 0 saturated heterocycles. The average Bonchev–Trinajstić information content (AvgIpc) is 2.90. The van der Waals surface area contributed by atoms with E-state index in [1.54, 1.807) is 6.07 Å². The van der Waals surface area contributed by atoms with Gasteiger partial charge in [0.2, 0.25) is 5.91 Å². The summed E-state index contributed by atoms with van der Waals surface area (Å²) in [6.45, 7) is 9.43. The molecule has 1 heterocycles. The summed E-state index contributed by atoms with van der Waals surface area (Å²) in [5.41, 5.74) is 1.73. The predicted octanol–water partition coefficient (Wildman–Crippen LogP) is 5.96. The molecule has 0 fully saturated rings. The number of ether oxygens (including phenoxy) is 1. The smallest absolute Gasteiger partial charge is 0.319 e. The maximum absolute atomic E-state index is 13.3. The Hall–Kier alpha value is -3.54. The maximum atomic E-state index is 13.3. The first-order valence-corrected chi connectivity index (χ1v) is 11.8. The first kappa shape index (κ1) is 23.6. The Bertz CT molecular complexity index is 1200. The van der Waals surface area contributed by atoms with Gasteiger partial charge in [-0.15, -0.1) is 0 Å². The topological polar surface area (TPSA) is 70.7 Å². The lowest BCUT2D eigenvalue weighted by Gasteiger charge is -2.28. The molecular weight excluding hydrogens is 426 g/mol. The predicted molar refractivity (Wildman–Crippen MR) is 137 cm³/mol. The summed E-state index contributed by atoms with van der Waals surface area (Å²) in [4.78, 5) is 27.8. The highest BCUT2D eigenvalue weighted by atomic mass is 16.5. The number of carbonyl (C=O) groups excluding carboxylic acids is 2. The van der Waals surface area contributed by atoms with Gasteiger partial charge in [-0.1, -0.05) is 56.3 Å². The fourth-order valence-electron chi connectivity index (χ4n) is 4.13. The Morgan fingerprint density at radius 2 is 1.85 bits per heavy atom. The van der Waals surface area contributed by atoms with Crippen molar-refractivity contribution in [2.75, 3.05) is 23.4 Å². The summed E-state index contributed by atoms with van der Waals surface area (Å²) in [5.74, 6) is 1.15. The standard InChI is InChI=1S/C28H33N3O3/c1-19(2)14-15-31-24-16-22(12-13-25(24)34-18-28(3,4)26(31)32)30-27(33)29-17-21-10-7-9-20-8-5-6-11-23(20)21/h5-13,16,19H,14-15,17-18H2,1-4H3,(H2,29,30,33). The molecule has 34 heavy (non-hydrogen) atoms. The first-order chi connectivity index (χ1) is 16.2. The van der Waals surface area contributed by atoms with Crippen LogP contribution in [0.1, 0.15) is 39.7 Å². The molecule has 0 unspecified atom stereocenters. The molecule has 6 heteroatoms. The van der Waals surface area contributed by atoms with Crippen molar-refractivity contribution in [3.63, 3.8) is 0 Å². The number of hydrogen-bond donors (Lipinski definition) is 2. The minimum absolute atomic E-state index is 0.0319. The van der Waals surface area contributed by atoms with Crippen LogP contribution in [0.5, 0.6) is 5.75 Å². The molecule has 1 aliphatic rings. The molecule has 0 atom stereocenters. The second-order valence-electron chi connectivity index (χ2n) is 9.94. The van der Waals surface area contributed by atoms with Gasteiger partial charge in [0.25, 0.3) is 0 Å². The minimum Gasteiger partial charge on any atom is -0.490 e. The van der Waals surface area contributed by atoms with E-state index < -0.39 is 5.41 Å². The number of fused-ring (bicyclic) bond motifs is 2. The third kappa shape index (κ3) is 5.16. The Balaban J connectivity index is 1.50. The molecule has 3 aromatic rings. The minimum atomic E-state index is -0.626. The molecule has 0 bridgehead atoms. The summed E-state index contributed by atoms with van der Waals surface area (Å²) in [7, 11) is 0. The van der Waals surface area contributed by atoms with Crippen LogP contribution in [-0.4, -0.2) is 25.1 Å². The monoisotopic (exact) mass is 459 g/mol. The molecule has 178 valence electrons. The van der Waals surface area contributed by atoms with Crippen LogP contribution in [0.4, 0.5) is 16.2 Å². The number of nitrogens with one attached hydrogen (secondary N) is 2. The van der Waals surface area contributed by atoms with Gasteiger partial charge >= 0.3 is 6.03 Å². The van der Waals surface area contributed by atoms with Gasteiger partial charge in [0.05, 0.1) is 11.1 Å². The quantitative estimate of drug-likeness (QED) is 0.478. The lowest BCUT2D eigenvalue weighted by atomic mass is 9.92. The van der Waals surface area contributed by atoms with E-state index in [2.05, 4.69) is 42.7 Å². The molecule has 0 spiro atoms. The summed E-state index contributed by atoms with van der Waals surface area (Å²) in [6.07, 6.45) is 0.879. The normalized spacial score (nSPS) is 15.0. The second kappa shape index (κ2) is 9.75. The van der Waals surface area contributed by atoms with Crippen molar-refractivity contribution < 1.29 is 14.3 Å². The summed E-state index contributed by atoms with van der Waals surface area (Å²) < 4.78 is 5.99.